The quantitative estimate of drug-likeness (QED) is 0.479. The van der Waals surface area contributed by atoms with Gasteiger partial charge in [-0.25, -0.2) is 0 Å². The van der Waals surface area contributed by atoms with Crippen LogP contribution in [0.2, 0.25) is 0 Å². The maximum absolute atomic E-state index is 12.5. The van der Waals surface area contributed by atoms with E-state index in [-0.39, 0.29) is 5.91 Å². The first kappa shape index (κ1) is 22.8. The molecule has 1 aliphatic rings. The molecule has 1 amide bonds. The van der Waals surface area contributed by atoms with Crippen LogP contribution in [0.15, 0.2) is 66.7 Å². The second kappa shape index (κ2) is 10.9. The number of nitrogens with one attached hydrogen (secondary N) is 2. The van der Waals surface area contributed by atoms with Crippen molar-refractivity contribution in [3.63, 3.8) is 0 Å². The molecule has 1 saturated heterocycles. The molecule has 4 nitrogen and oxygen atoms in total. The molecule has 0 bridgehead atoms. The third kappa shape index (κ3) is 6.09. The molecule has 3 aromatic carbocycles. The summed E-state index contributed by atoms with van der Waals surface area (Å²) in [5.41, 5.74) is 7.71. The third-order valence-electron chi connectivity index (χ3n) is 6.51. The van der Waals surface area contributed by atoms with E-state index < -0.39 is 0 Å². The van der Waals surface area contributed by atoms with Crippen LogP contribution in [0, 0.1) is 18.3 Å². The highest BCUT2D eigenvalue weighted by atomic mass is 16.1. The maximum Gasteiger partial charge on any atom is 0.224 e. The fourth-order valence-electron chi connectivity index (χ4n) is 4.57. The first-order chi connectivity index (χ1) is 16.1. The number of carbonyl (C=O) groups is 1. The van der Waals surface area contributed by atoms with E-state index in [1.165, 1.54) is 16.7 Å². The Hall–Kier alpha value is -3.42. The van der Waals surface area contributed by atoms with Crippen molar-refractivity contribution in [2.75, 3.05) is 18.4 Å². The molecule has 3 aromatic rings. The van der Waals surface area contributed by atoms with Crippen molar-refractivity contribution >= 4 is 11.6 Å². The Morgan fingerprint density at radius 1 is 1.00 bits per heavy atom. The molecule has 4 rings (SSSR count). The second-order valence-electron chi connectivity index (χ2n) is 8.88. The summed E-state index contributed by atoms with van der Waals surface area (Å²) < 4.78 is 0. The lowest BCUT2D eigenvalue weighted by Gasteiger charge is -2.25. The first-order valence-corrected chi connectivity index (χ1v) is 11.8. The van der Waals surface area contributed by atoms with Gasteiger partial charge in [-0.05, 0) is 104 Å². The van der Waals surface area contributed by atoms with Gasteiger partial charge in [-0.15, -0.1) is 0 Å². The normalized spacial score (nSPS) is 13.9. The second-order valence-corrected chi connectivity index (χ2v) is 8.88. The molecule has 0 unspecified atom stereocenters. The lowest BCUT2D eigenvalue weighted by atomic mass is 9.87. The number of benzene rings is 3. The molecule has 0 atom stereocenters. The topological polar surface area (TPSA) is 64.9 Å². The average molecular weight is 438 g/mol. The van der Waals surface area contributed by atoms with E-state index in [2.05, 4.69) is 60.0 Å². The van der Waals surface area contributed by atoms with Crippen molar-refractivity contribution in [1.82, 2.24) is 5.32 Å². The minimum absolute atomic E-state index is 0.0734. The highest BCUT2D eigenvalue weighted by Crippen LogP contribution is 2.30. The Morgan fingerprint density at radius 2 is 1.67 bits per heavy atom. The van der Waals surface area contributed by atoms with Crippen molar-refractivity contribution in [2.24, 2.45) is 0 Å². The van der Waals surface area contributed by atoms with Crippen molar-refractivity contribution in [2.45, 2.75) is 44.9 Å². The molecule has 0 saturated carbocycles. The number of aryl methyl sites for hydroxylation is 2. The van der Waals surface area contributed by atoms with Gasteiger partial charge in [0.05, 0.1) is 11.6 Å². The predicted octanol–water partition coefficient (Wildman–Crippen LogP) is 5.96. The summed E-state index contributed by atoms with van der Waals surface area (Å²) >= 11 is 0. The zero-order valence-electron chi connectivity index (χ0n) is 19.2. The maximum atomic E-state index is 12.5. The number of nitriles is 1. The zero-order valence-corrected chi connectivity index (χ0v) is 19.2. The number of piperidine rings is 1. The molecular formula is C29H31N3O. The predicted molar refractivity (Wildman–Crippen MR) is 134 cm³/mol. The van der Waals surface area contributed by atoms with Gasteiger partial charge in [-0.2, -0.15) is 5.26 Å². The lowest BCUT2D eigenvalue weighted by molar-refractivity contribution is -0.116. The summed E-state index contributed by atoms with van der Waals surface area (Å²) in [5.74, 6) is 0.652. The number of hydrogen-bond donors (Lipinski definition) is 2. The summed E-state index contributed by atoms with van der Waals surface area (Å²) in [4.78, 5) is 12.5. The van der Waals surface area contributed by atoms with E-state index in [9.17, 15) is 4.79 Å². The van der Waals surface area contributed by atoms with Gasteiger partial charge in [-0.3, -0.25) is 4.79 Å². The van der Waals surface area contributed by atoms with Gasteiger partial charge in [0.25, 0.3) is 0 Å². The number of anilines is 1. The van der Waals surface area contributed by atoms with Crippen molar-refractivity contribution in [1.29, 1.82) is 5.26 Å². The lowest BCUT2D eigenvalue weighted by Crippen LogP contribution is -2.27. The molecule has 168 valence electrons. The highest BCUT2D eigenvalue weighted by molar-refractivity contribution is 5.90. The molecule has 1 fully saturated rings. The number of hydrogen-bond acceptors (Lipinski definition) is 3. The van der Waals surface area contributed by atoms with E-state index in [4.69, 9.17) is 5.26 Å². The molecule has 2 N–H and O–H groups in total. The van der Waals surface area contributed by atoms with Crippen LogP contribution < -0.4 is 10.6 Å². The molecule has 0 aromatic heterocycles. The summed E-state index contributed by atoms with van der Waals surface area (Å²) in [6, 6.07) is 24.5. The largest absolute Gasteiger partial charge is 0.326 e. The van der Waals surface area contributed by atoms with Crippen LogP contribution in [-0.4, -0.2) is 19.0 Å². The van der Waals surface area contributed by atoms with Crippen LogP contribution in [0.1, 0.15) is 53.9 Å². The fourth-order valence-corrected chi connectivity index (χ4v) is 4.57. The SMILES string of the molecule is Cc1ccc(NC(=O)CCCc2ccc(-c3ccc(C#N)cc3)cc2)cc1C1CCNCC1. The van der Waals surface area contributed by atoms with Crippen LogP contribution >= 0.6 is 0 Å². The third-order valence-corrected chi connectivity index (χ3v) is 6.51. The minimum atomic E-state index is 0.0734. The van der Waals surface area contributed by atoms with Crippen molar-refractivity contribution in [3.05, 3.63) is 89.0 Å². The number of amides is 1. The summed E-state index contributed by atoms with van der Waals surface area (Å²) in [6.07, 6.45) is 4.50. The Labute approximate surface area is 196 Å². The minimum Gasteiger partial charge on any atom is -0.326 e. The summed E-state index contributed by atoms with van der Waals surface area (Å²) in [6.45, 7) is 4.29. The molecule has 1 heterocycles. The Morgan fingerprint density at radius 3 is 2.33 bits per heavy atom. The van der Waals surface area contributed by atoms with Gasteiger partial charge < -0.3 is 10.6 Å². The van der Waals surface area contributed by atoms with E-state index >= 15 is 0 Å². The molecule has 0 spiro atoms. The van der Waals surface area contributed by atoms with E-state index in [0.29, 0.717) is 17.9 Å². The van der Waals surface area contributed by atoms with Crippen molar-refractivity contribution in [3.8, 4) is 17.2 Å². The fraction of sp³-hybridized carbons (Fsp3) is 0.310. The van der Waals surface area contributed by atoms with E-state index in [0.717, 1.165) is 55.6 Å². The van der Waals surface area contributed by atoms with Crippen LogP contribution in [0.4, 0.5) is 5.69 Å². The average Bonchev–Trinajstić information content (AvgIpc) is 2.86. The Bertz CT molecular complexity index is 1120. The molecule has 0 radical (unpaired) electrons. The van der Waals surface area contributed by atoms with Gasteiger partial charge >= 0.3 is 0 Å². The molecule has 0 aliphatic carbocycles. The zero-order chi connectivity index (χ0) is 23.0. The van der Waals surface area contributed by atoms with Gasteiger partial charge in [0.1, 0.15) is 0 Å². The van der Waals surface area contributed by atoms with Crippen LogP contribution in [-0.2, 0) is 11.2 Å². The first-order valence-electron chi connectivity index (χ1n) is 11.8. The summed E-state index contributed by atoms with van der Waals surface area (Å²) in [5, 5.41) is 15.5. The van der Waals surface area contributed by atoms with E-state index in [1.54, 1.807) is 0 Å². The van der Waals surface area contributed by atoms with Gasteiger partial charge in [0.15, 0.2) is 0 Å². The standard InChI is InChI=1S/C29H31N3O/c1-21-5-14-27(19-28(21)26-15-17-31-18-16-26)32-29(33)4-2-3-22-6-10-24(11-7-22)25-12-8-23(20-30)9-13-25/h5-14,19,26,31H,2-4,15-18H2,1H3,(H,32,33). The van der Waals surface area contributed by atoms with Crippen LogP contribution in [0.25, 0.3) is 11.1 Å². The summed E-state index contributed by atoms with van der Waals surface area (Å²) in [7, 11) is 0. The Balaban J connectivity index is 1.27. The number of rotatable bonds is 7. The molecule has 4 heteroatoms. The smallest absolute Gasteiger partial charge is 0.224 e. The van der Waals surface area contributed by atoms with Gasteiger partial charge in [0, 0.05) is 12.1 Å². The molecular weight excluding hydrogens is 406 g/mol. The monoisotopic (exact) mass is 437 g/mol. The van der Waals surface area contributed by atoms with Crippen LogP contribution in [0.3, 0.4) is 0 Å². The van der Waals surface area contributed by atoms with Crippen molar-refractivity contribution < 1.29 is 4.79 Å². The highest BCUT2D eigenvalue weighted by Gasteiger charge is 2.17. The molecule has 1 aliphatic heterocycles. The van der Waals surface area contributed by atoms with Crippen LogP contribution in [0.5, 0.6) is 0 Å². The number of nitrogens with zero attached hydrogens (tertiary/aromatic N) is 1. The molecule has 33 heavy (non-hydrogen) atoms. The van der Waals surface area contributed by atoms with Gasteiger partial charge in [-0.1, -0.05) is 42.5 Å². The van der Waals surface area contributed by atoms with E-state index in [1.807, 2.05) is 30.3 Å². The number of carbonyl (C=O) groups excluding carboxylic acids is 1. The van der Waals surface area contributed by atoms with Gasteiger partial charge in [0.2, 0.25) is 5.91 Å². The Kier molecular flexibility index (Phi) is 7.55.